The molecular weight excluding hydrogens is 262 g/mol. The fourth-order valence-electron chi connectivity index (χ4n) is 1.86. The van der Waals surface area contributed by atoms with Crippen LogP contribution >= 0.6 is 11.6 Å². The maximum atomic E-state index is 9.68. The summed E-state index contributed by atoms with van der Waals surface area (Å²) in [5.41, 5.74) is 2.50. The van der Waals surface area contributed by atoms with Gasteiger partial charge in [0.1, 0.15) is 5.75 Å². The largest absolute Gasteiger partial charge is 0.506 e. The van der Waals surface area contributed by atoms with Gasteiger partial charge in [-0.25, -0.2) is 4.68 Å². The normalized spacial score (nSPS) is 10.6. The SMILES string of the molecule is Oc1cc(-c2cnnn2-c2ccccc2)ccc1Cl. The molecule has 0 fully saturated rings. The summed E-state index contributed by atoms with van der Waals surface area (Å²) in [5.74, 6) is 0.0416. The molecule has 0 saturated heterocycles. The lowest BCUT2D eigenvalue weighted by molar-refractivity contribution is 0.476. The number of halogens is 1. The summed E-state index contributed by atoms with van der Waals surface area (Å²) in [6.45, 7) is 0. The van der Waals surface area contributed by atoms with Crippen LogP contribution in [-0.2, 0) is 0 Å². The molecule has 1 N–H and O–H groups in total. The minimum Gasteiger partial charge on any atom is -0.506 e. The first-order valence-electron chi connectivity index (χ1n) is 5.71. The van der Waals surface area contributed by atoms with Crippen LogP contribution in [0.4, 0.5) is 0 Å². The van der Waals surface area contributed by atoms with Gasteiger partial charge in [-0.2, -0.15) is 0 Å². The quantitative estimate of drug-likeness (QED) is 0.778. The van der Waals surface area contributed by atoms with Crippen LogP contribution in [0.2, 0.25) is 5.02 Å². The Hall–Kier alpha value is -2.33. The summed E-state index contributed by atoms with van der Waals surface area (Å²) < 4.78 is 1.71. The first kappa shape index (κ1) is 11.7. The van der Waals surface area contributed by atoms with Crippen molar-refractivity contribution < 1.29 is 5.11 Å². The molecule has 1 aromatic heterocycles. The third-order valence-electron chi connectivity index (χ3n) is 2.79. The van der Waals surface area contributed by atoms with Gasteiger partial charge in [0.05, 0.1) is 22.6 Å². The third-order valence-corrected chi connectivity index (χ3v) is 3.11. The summed E-state index contributed by atoms with van der Waals surface area (Å²) >= 11 is 5.81. The van der Waals surface area contributed by atoms with Gasteiger partial charge in [-0.1, -0.05) is 41.1 Å². The number of aromatic nitrogens is 3. The zero-order valence-electron chi connectivity index (χ0n) is 9.86. The average Bonchev–Trinajstić information content (AvgIpc) is 2.92. The number of nitrogens with zero attached hydrogens (tertiary/aromatic N) is 3. The second kappa shape index (κ2) is 4.74. The van der Waals surface area contributed by atoms with E-state index in [0.717, 1.165) is 16.9 Å². The van der Waals surface area contributed by atoms with E-state index in [1.165, 1.54) is 0 Å². The molecule has 0 saturated carbocycles. The summed E-state index contributed by atoms with van der Waals surface area (Å²) in [5, 5.41) is 18.0. The van der Waals surface area contributed by atoms with Crippen molar-refractivity contribution in [3.05, 3.63) is 59.8 Å². The predicted molar refractivity (Wildman–Crippen MR) is 73.5 cm³/mol. The summed E-state index contributed by atoms with van der Waals surface area (Å²) in [6, 6.07) is 14.7. The van der Waals surface area contributed by atoms with Crippen LogP contribution < -0.4 is 0 Å². The van der Waals surface area contributed by atoms with Crippen LogP contribution in [0.3, 0.4) is 0 Å². The Bertz CT molecular complexity index is 710. The Morgan fingerprint density at radius 2 is 1.84 bits per heavy atom. The molecule has 0 spiro atoms. The number of para-hydroxylation sites is 1. The highest BCUT2D eigenvalue weighted by Crippen LogP contribution is 2.29. The van der Waals surface area contributed by atoms with Crippen LogP contribution in [0.1, 0.15) is 0 Å². The van der Waals surface area contributed by atoms with Gasteiger partial charge in [0.2, 0.25) is 0 Å². The number of aromatic hydroxyl groups is 1. The van der Waals surface area contributed by atoms with Crippen molar-refractivity contribution in [3.63, 3.8) is 0 Å². The standard InChI is InChI=1S/C14H10ClN3O/c15-12-7-6-10(8-14(12)19)13-9-16-17-18(13)11-4-2-1-3-5-11/h1-9,19H. The molecule has 1 heterocycles. The van der Waals surface area contributed by atoms with Crippen molar-refractivity contribution in [2.45, 2.75) is 0 Å². The Balaban J connectivity index is 2.12. The fourth-order valence-corrected chi connectivity index (χ4v) is 1.98. The van der Waals surface area contributed by atoms with E-state index >= 15 is 0 Å². The Morgan fingerprint density at radius 3 is 2.58 bits per heavy atom. The molecule has 3 aromatic rings. The highest BCUT2D eigenvalue weighted by molar-refractivity contribution is 6.32. The Morgan fingerprint density at radius 1 is 1.05 bits per heavy atom. The highest BCUT2D eigenvalue weighted by Gasteiger charge is 2.10. The van der Waals surface area contributed by atoms with Crippen LogP contribution in [0, 0.1) is 0 Å². The molecule has 3 rings (SSSR count). The smallest absolute Gasteiger partial charge is 0.134 e. The van der Waals surface area contributed by atoms with E-state index < -0.39 is 0 Å². The maximum absolute atomic E-state index is 9.68. The number of phenols is 1. The second-order valence-electron chi connectivity index (χ2n) is 4.03. The minimum atomic E-state index is 0.0416. The molecule has 19 heavy (non-hydrogen) atoms. The number of phenolic OH excluding ortho intramolecular Hbond substituents is 1. The van der Waals surface area contributed by atoms with Gasteiger partial charge in [0.25, 0.3) is 0 Å². The van der Waals surface area contributed by atoms with Crippen LogP contribution in [0.25, 0.3) is 16.9 Å². The third kappa shape index (κ3) is 2.18. The summed E-state index contributed by atoms with van der Waals surface area (Å²) in [6.07, 6.45) is 1.65. The van der Waals surface area contributed by atoms with Gasteiger partial charge in [0.15, 0.2) is 0 Å². The van der Waals surface area contributed by atoms with E-state index in [2.05, 4.69) is 10.3 Å². The van der Waals surface area contributed by atoms with Crippen LogP contribution in [0.15, 0.2) is 54.7 Å². The van der Waals surface area contributed by atoms with Crippen molar-refractivity contribution in [1.29, 1.82) is 0 Å². The fraction of sp³-hybridized carbons (Fsp3) is 0. The molecule has 0 bridgehead atoms. The molecular formula is C14H10ClN3O. The molecule has 0 radical (unpaired) electrons. The van der Waals surface area contributed by atoms with Crippen molar-refractivity contribution in [2.75, 3.05) is 0 Å². The molecule has 2 aromatic carbocycles. The van der Waals surface area contributed by atoms with Gasteiger partial charge < -0.3 is 5.11 Å². The Kier molecular flexibility index (Phi) is 2.93. The minimum absolute atomic E-state index is 0.0416. The molecule has 0 amide bonds. The van der Waals surface area contributed by atoms with Gasteiger partial charge >= 0.3 is 0 Å². The summed E-state index contributed by atoms with van der Waals surface area (Å²) in [7, 11) is 0. The molecule has 0 aliphatic rings. The zero-order chi connectivity index (χ0) is 13.2. The number of hydrogen-bond acceptors (Lipinski definition) is 3. The van der Waals surface area contributed by atoms with Crippen molar-refractivity contribution >= 4 is 11.6 Å². The van der Waals surface area contributed by atoms with Gasteiger partial charge in [0, 0.05) is 5.56 Å². The lowest BCUT2D eigenvalue weighted by Gasteiger charge is -2.07. The van der Waals surface area contributed by atoms with E-state index in [-0.39, 0.29) is 5.75 Å². The lowest BCUT2D eigenvalue weighted by Crippen LogP contribution is -1.98. The van der Waals surface area contributed by atoms with Crippen molar-refractivity contribution in [1.82, 2.24) is 15.0 Å². The van der Waals surface area contributed by atoms with Gasteiger partial charge in [-0.3, -0.25) is 0 Å². The molecule has 0 aliphatic heterocycles. The van der Waals surface area contributed by atoms with E-state index in [1.807, 2.05) is 36.4 Å². The van der Waals surface area contributed by atoms with Gasteiger partial charge in [-0.05, 0) is 24.3 Å². The van der Waals surface area contributed by atoms with Crippen molar-refractivity contribution in [3.8, 4) is 22.7 Å². The second-order valence-corrected chi connectivity index (χ2v) is 4.44. The topological polar surface area (TPSA) is 50.9 Å². The predicted octanol–water partition coefficient (Wildman–Crippen LogP) is 3.29. The monoisotopic (exact) mass is 271 g/mol. The average molecular weight is 272 g/mol. The molecule has 5 heteroatoms. The molecule has 0 aliphatic carbocycles. The molecule has 94 valence electrons. The lowest BCUT2D eigenvalue weighted by atomic mass is 10.1. The molecule has 0 unspecified atom stereocenters. The summed E-state index contributed by atoms with van der Waals surface area (Å²) in [4.78, 5) is 0. The first-order chi connectivity index (χ1) is 9.25. The number of rotatable bonds is 2. The molecule has 0 atom stereocenters. The first-order valence-corrected chi connectivity index (χ1v) is 6.08. The Labute approximate surface area is 114 Å². The van der Waals surface area contributed by atoms with Crippen LogP contribution in [-0.4, -0.2) is 20.1 Å². The molecule has 4 nitrogen and oxygen atoms in total. The van der Waals surface area contributed by atoms with E-state index in [0.29, 0.717) is 5.02 Å². The number of benzene rings is 2. The zero-order valence-corrected chi connectivity index (χ0v) is 10.6. The highest BCUT2D eigenvalue weighted by atomic mass is 35.5. The van der Waals surface area contributed by atoms with E-state index in [1.54, 1.807) is 23.0 Å². The van der Waals surface area contributed by atoms with E-state index in [9.17, 15) is 5.11 Å². The number of hydrogen-bond donors (Lipinski definition) is 1. The van der Waals surface area contributed by atoms with E-state index in [4.69, 9.17) is 11.6 Å². The van der Waals surface area contributed by atoms with Crippen molar-refractivity contribution in [2.24, 2.45) is 0 Å². The maximum Gasteiger partial charge on any atom is 0.134 e. The van der Waals surface area contributed by atoms with Crippen LogP contribution in [0.5, 0.6) is 5.75 Å². The van der Waals surface area contributed by atoms with Gasteiger partial charge in [-0.15, -0.1) is 5.10 Å².